The van der Waals surface area contributed by atoms with Gasteiger partial charge in [0.05, 0.1) is 32.1 Å². The lowest BCUT2D eigenvalue weighted by Gasteiger charge is -2.11. The van der Waals surface area contributed by atoms with Crippen LogP contribution in [0, 0.1) is 0 Å². The third-order valence-electron chi connectivity index (χ3n) is 1.98. The SMILES string of the molecule is CCOc1ccccc1NCCOCCO. The lowest BCUT2D eigenvalue weighted by Crippen LogP contribution is -2.12. The molecule has 0 heterocycles. The van der Waals surface area contributed by atoms with Crippen molar-refractivity contribution in [2.45, 2.75) is 6.92 Å². The van der Waals surface area contributed by atoms with Crippen molar-refractivity contribution in [3.05, 3.63) is 24.3 Å². The fourth-order valence-electron chi connectivity index (χ4n) is 1.32. The van der Waals surface area contributed by atoms with E-state index in [-0.39, 0.29) is 6.61 Å². The van der Waals surface area contributed by atoms with Crippen molar-refractivity contribution in [2.75, 3.05) is 38.3 Å². The molecule has 1 aromatic rings. The van der Waals surface area contributed by atoms with Gasteiger partial charge in [-0.2, -0.15) is 0 Å². The third-order valence-corrected chi connectivity index (χ3v) is 1.98. The van der Waals surface area contributed by atoms with Crippen molar-refractivity contribution in [1.82, 2.24) is 0 Å². The molecule has 0 saturated heterocycles. The van der Waals surface area contributed by atoms with Crippen LogP contribution in [-0.4, -0.2) is 38.1 Å². The highest BCUT2D eigenvalue weighted by Gasteiger charge is 2.00. The predicted molar refractivity (Wildman–Crippen MR) is 64.0 cm³/mol. The number of ether oxygens (including phenoxy) is 2. The quantitative estimate of drug-likeness (QED) is 0.658. The van der Waals surface area contributed by atoms with Crippen molar-refractivity contribution >= 4 is 5.69 Å². The van der Waals surface area contributed by atoms with Gasteiger partial charge in [0.2, 0.25) is 0 Å². The fourth-order valence-corrected chi connectivity index (χ4v) is 1.32. The zero-order chi connectivity index (χ0) is 11.6. The van der Waals surface area contributed by atoms with Gasteiger partial charge in [-0.05, 0) is 19.1 Å². The first-order valence-corrected chi connectivity index (χ1v) is 5.52. The Morgan fingerprint density at radius 1 is 1.25 bits per heavy atom. The largest absolute Gasteiger partial charge is 0.492 e. The Bertz CT molecular complexity index is 291. The molecule has 2 N–H and O–H groups in total. The van der Waals surface area contributed by atoms with E-state index in [0.717, 1.165) is 11.4 Å². The molecule has 0 atom stereocenters. The molecule has 1 rings (SSSR count). The molecular weight excluding hydrogens is 206 g/mol. The monoisotopic (exact) mass is 225 g/mol. The number of hydrogen-bond donors (Lipinski definition) is 2. The lowest BCUT2D eigenvalue weighted by atomic mass is 10.3. The summed E-state index contributed by atoms with van der Waals surface area (Å²) in [6.45, 7) is 4.33. The summed E-state index contributed by atoms with van der Waals surface area (Å²) in [5, 5.41) is 11.8. The number of aliphatic hydroxyl groups is 1. The first-order valence-electron chi connectivity index (χ1n) is 5.52. The maximum atomic E-state index is 8.53. The van der Waals surface area contributed by atoms with Gasteiger partial charge in [0.25, 0.3) is 0 Å². The van der Waals surface area contributed by atoms with Crippen LogP contribution in [0.25, 0.3) is 0 Å². The Hall–Kier alpha value is -1.26. The average Bonchev–Trinajstić information content (AvgIpc) is 2.31. The summed E-state index contributed by atoms with van der Waals surface area (Å²) in [5.41, 5.74) is 0.969. The summed E-state index contributed by atoms with van der Waals surface area (Å²) < 4.78 is 10.6. The minimum absolute atomic E-state index is 0.0650. The molecule has 0 radical (unpaired) electrons. The summed E-state index contributed by atoms with van der Waals surface area (Å²) in [6, 6.07) is 7.80. The average molecular weight is 225 g/mol. The lowest BCUT2D eigenvalue weighted by molar-refractivity contribution is 0.0992. The van der Waals surface area contributed by atoms with E-state index in [1.54, 1.807) is 0 Å². The smallest absolute Gasteiger partial charge is 0.142 e. The Morgan fingerprint density at radius 3 is 2.81 bits per heavy atom. The Morgan fingerprint density at radius 2 is 2.06 bits per heavy atom. The number of para-hydroxylation sites is 2. The second kappa shape index (κ2) is 7.96. The van der Waals surface area contributed by atoms with Crippen molar-refractivity contribution < 1.29 is 14.6 Å². The second-order valence-electron chi connectivity index (χ2n) is 3.19. The third kappa shape index (κ3) is 4.51. The summed E-state index contributed by atoms with van der Waals surface area (Å²) in [5.74, 6) is 0.854. The van der Waals surface area contributed by atoms with E-state index < -0.39 is 0 Å². The van der Waals surface area contributed by atoms with Gasteiger partial charge < -0.3 is 19.9 Å². The molecule has 0 bridgehead atoms. The molecule has 0 fully saturated rings. The maximum Gasteiger partial charge on any atom is 0.142 e. The molecule has 1 aromatic carbocycles. The number of nitrogens with one attached hydrogen (secondary N) is 1. The van der Waals surface area contributed by atoms with Crippen LogP contribution in [0.15, 0.2) is 24.3 Å². The minimum atomic E-state index is 0.0650. The van der Waals surface area contributed by atoms with Crippen molar-refractivity contribution in [1.29, 1.82) is 0 Å². The first-order chi connectivity index (χ1) is 7.88. The van der Waals surface area contributed by atoms with Crippen LogP contribution >= 0.6 is 0 Å². The number of aliphatic hydroxyl groups excluding tert-OH is 1. The fraction of sp³-hybridized carbons (Fsp3) is 0.500. The summed E-state index contributed by atoms with van der Waals surface area (Å²) in [6.07, 6.45) is 0. The van der Waals surface area contributed by atoms with E-state index in [4.69, 9.17) is 14.6 Å². The van der Waals surface area contributed by atoms with Gasteiger partial charge in [0.15, 0.2) is 0 Å². The predicted octanol–water partition coefficient (Wildman–Crippen LogP) is 1.51. The highest BCUT2D eigenvalue weighted by atomic mass is 16.5. The van der Waals surface area contributed by atoms with Crippen molar-refractivity contribution in [3.63, 3.8) is 0 Å². The maximum absolute atomic E-state index is 8.53. The molecule has 0 amide bonds. The molecule has 0 saturated carbocycles. The van der Waals surface area contributed by atoms with E-state index in [1.807, 2.05) is 31.2 Å². The van der Waals surface area contributed by atoms with Gasteiger partial charge in [0.1, 0.15) is 5.75 Å². The molecular formula is C12H19NO3. The van der Waals surface area contributed by atoms with Gasteiger partial charge in [-0.15, -0.1) is 0 Å². The van der Waals surface area contributed by atoms with Gasteiger partial charge in [-0.3, -0.25) is 0 Å². The minimum Gasteiger partial charge on any atom is -0.492 e. The van der Waals surface area contributed by atoms with Crippen molar-refractivity contribution in [3.8, 4) is 5.75 Å². The summed E-state index contributed by atoms with van der Waals surface area (Å²) in [4.78, 5) is 0. The first kappa shape index (κ1) is 12.8. The van der Waals surface area contributed by atoms with E-state index in [1.165, 1.54) is 0 Å². The normalized spacial score (nSPS) is 10.1. The number of hydrogen-bond acceptors (Lipinski definition) is 4. The molecule has 0 unspecified atom stereocenters. The zero-order valence-corrected chi connectivity index (χ0v) is 9.61. The van der Waals surface area contributed by atoms with Crippen LogP contribution in [0.2, 0.25) is 0 Å². The Balaban J connectivity index is 2.34. The van der Waals surface area contributed by atoms with Crippen LogP contribution in [-0.2, 0) is 4.74 Å². The van der Waals surface area contributed by atoms with Gasteiger partial charge in [-0.25, -0.2) is 0 Å². The van der Waals surface area contributed by atoms with Crippen molar-refractivity contribution in [2.24, 2.45) is 0 Å². The molecule has 4 heteroatoms. The van der Waals surface area contributed by atoms with Gasteiger partial charge in [-0.1, -0.05) is 12.1 Å². The number of anilines is 1. The standard InChI is InChI=1S/C12H19NO3/c1-2-16-12-6-4-3-5-11(12)13-7-9-15-10-8-14/h3-6,13-14H,2,7-10H2,1H3. The molecule has 0 aliphatic rings. The summed E-state index contributed by atoms with van der Waals surface area (Å²) in [7, 11) is 0. The molecule has 0 aliphatic carbocycles. The Kier molecular flexibility index (Phi) is 6.37. The van der Waals surface area contributed by atoms with Crippen LogP contribution in [0.5, 0.6) is 5.75 Å². The molecule has 0 spiro atoms. The van der Waals surface area contributed by atoms with E-state index >= 15 is 0 Å². The van der Waals surface area contributed by atoms with E-state index in [9.17, 15) is 0 Å². The molecule has 4 nitrogen and oxygen atoms in total. The number of benzene rings is 1. The summed E-state index contributed by atoms with van der Waals surface area (Å²) >= 11 is 0. The Labute approximate surface area is 96.2 Å². The zero-order valence-electron chi connectivity index (χ0n) is 9.61. The highest BCUT2D eigenvalue weighted by Crippen LogP contribution is 2.23. The van der Waals surface area contributed by atoms with E-state index in [2.05, 4.69) is 5.32 Å². The molecule has 90 valence electrons. The van der Waals surface area contributed by atoms with Crippen LogP contribution < -0.4 is 10.1 Å². The molecule has 0 aromatic heterocycles. The molecule has 0 aliphatic heterocycles. The number of rotatable bonds is 8. The second-order valence-corrected chi connectivity index (χ2v) is 3.19. The van der Waals surface area contributed by atoms with Crippen LogP contribution in [0.4, 0.5) is 5.69 Å². The molecule has 16 heavy (non-hydrogen) atoms. The van der Waals surface area contributed by atoms with Gasteiger partial charge >= 0.3 is 0 Å². The van der Waals surface area contributed by atoms with E-state index in [0.29, 0.717) is 26.4 Å². The van der Waals surface area contributed by atoms with Crippen LogP contribution in [0.3, 0.4) is 0 Å². The van der Waals surface area contributed by atoms with Gasteiger partial charge in [0, 0.05) is 6.54 Å². The highest BCUT2D eigenvalue weighted by molar-refractivity contribution is 5.56. The topological polar surface area (TPSA) is 50.7 Å². The van der Waals surface area contributed by atoms with Crippen LogP contribution in [0.1, 0.15) is 6.92 Å².